The van der Waals surface area contributed by atoms with E-state index in [-0.39, 0.29) is 5.39 Å². The summed E-state index contributed by atoms with van der Waals surface area (Å²) in [5, 5.41) is 12.6. The topological polar surface area (TPSA) is 87.5 Å². The van der Waals surface area contributed by atoms with Crippen molar-refractivity contribution < 1.29 is 14.3 Å². The molecule has 2 aromatic heterocycles. The summed E-state index contributed by atoms with van der Waals surface area (Å²) in [5.41, 5.74) is 0.295. The van der Waals surface area contributed by atoms with E-state index in [1.807, 2.05) is 4.90 Å². The van der Waals surface area contributed by atoms with Gasteiger partial charge in [-0.25, -0.2) is 9.18 Å². The molecule has 0 saturated carbocycles. The van der Waals surface area contributed by atoms with Crippen molar-refractivity contribution in [1.29, 1.82) is 0 Å². The van der Waals surface area contributed by atoms with Crippen LogP contribution in [-0.2, 0) is 0 Å². The molecule has 0 bridgehead atoms. The standard InChI is InChI=1S/C19H17FN4O3/c20-15-8-13-16(9-17(15)23-6-4-21-5-7-23)24(12-2-1-3-22-10-12)11-14(18(13)25)19(26)27/h1-3,8-11,21H,4-7H2,(H,26,27). The average molecular weight is 368 g/mol. The number of carboxylic acid groups (broad SMARTS) is 1. The van der Waals surface area contributed by atoms with Gasteiger partial charge in [0.25, 0.3) is 0 Å². The molecule has 1 saturated heterocycles. The average Bonchev–Trinajstić information content (AvgIpc) is 2.69. The Morgan fingerprint density at radius 1 is 1.26 bits per heavy atom. The van der Waals surface area contributed by atoms with Crippen molar-refractivity contribution in [2.45, 2.75) is 0 Å². The Hall–Kier alpha value is -3.26. The van der Waals surface area contributed by atoms with E-state index in [2.05, 4.69) is 10.3 Å². The summed E-state index contributed by atoms with van der Waals surface area (Å²) in [6.45, 7) is 2.77. The fourth-order valence-electron chi connectivity index (χ4n) is 3.34. The number of halogens is 1. The Morgan fingerprint density at radius 2 is 2.04 bits per heavy atom. The first-order valence-electron chi connectivity index (χ1n) is 8.54. The van der Waals surface area contributed by atoms with Crippen LogP contribution < -0.4 is 15.6 Å². The summed E-state index contributed by atoms with van der Waals surface area (Å²) in [6.07, 6.45) is 4.42. The lowest BCUT2D eigenvalue weighted by molar-refractivity contribution is 0.0695. The minimum Gasteiger partial charge on any atom is -0.477 e. The highest BCUT2D eigenvalue weighted by Gasteiger charge is 2.20. The van der Waals surface area contributed by atoms with Gasteiger partial charge in [-0.05, 0) is 24.3 Å². The SMILES string of the molecule is O=C(O)c1cn(-c2cccnc2)c2cc(N3CCNCC3)c(F)cc2c1=O. The normalized spacial score (nSPS) is 14.5. The van der Waals surface area contributed by atoms with E-state index in [4.69, 9.17) is 0 Å². The van der Waals surface area contributed by atoms with E-state index < -0.39 is 22.8 Å². The minimum atomic E-state index is -1.36. The lowest BCUT2D eigenvalue weighted by atomic mass is 10.1. The van der Waals surface area contributed by atoms with E-state index in [0.29, 0.717) is 30.0 Å². The molecule has 0 amide bonds. The Balaban J connectivity index is 2.02. The molecular formula is C19H17FN4O3. The molecule has 7 nitrogen and oxygen atoms in total. The predicted octanol–water partition coefficient (Wildman–Crippen LogP) is 1.63. The van der Waals surface area contributed by atoms with Gasteiger partial charge >= 0.3 is 5.97 Å². The molecule has 0 aliphatic carbocycles. The fourth-order valence-corrected chi connectivity index (χ4v) is 3.34. The van der Waals surface area contributed by atoms with E-state index in [9.17, 15) is 19.1 Å². The first-order valence-corrected chi connectivity index (χ1v) is 8.54. The summed E-state index contributed by atoms with van der Waals surface area (Å²) in [5.74, 6) is -1.90. The molecule has 0 radical (unpaired) electrons. The maximum absolute atomic E-state index is 14.8. The molecule has 1 fully saturated rings. The number of nitrogens with zero attached hydrogens (tertiary/aromatic N) is 3. The molecular weight excluding hydrogens is 351 g/mol. The lowest BCUT2D eigenvalue weighted by Gasteiger charge is -2.30. The number of anilines is 1. The van der Waals surface area contributed by atoms with Crippen molar-refractivity contribution in [3.05, 3.63) is 64.5 Å². The molecule has 1 aliphatic rings. The van der Waals surface area contributed by atoms with Crippen LogP contribution in [0.25, 0.3) is 16.6 Å². The first kappa shape index (κ1) is 17.2. The van der Waals surface area contributed by atoms with E-state index >= 15 is 0 Å². The number of hydrogen-bond acceptors (Lipinski definition) is 5. The zero-order valence-electron chi connectivity index (χ0n) is 14.4. The highest BCUT2D eigenvalue weighted by Crippen LogP contribution is 2.27. The second-order valence-corrected chi connectivity index (χ2v) is 6.32. The smallest absolute Gasteiger partial charge is 0.341 e. The number of hydrogen-bond donors (Lipinski definition) is 2. The van der Waals surface area contributed by atoms with Gasteiger partial charge in [-0.15, -0.1) is 0 Å². The molecule has 3 heterocycles. The number of fused-ring (bicyclic) bond motifs is 1. The highest BCUT2D eigenvalue weighted by atomic mass is 19.1. The quantitative estimate of drug-likeness (QED) is 0.731. The van der Waals surface area contributed by atoms with Gasteiger partial charge in [0.05, 0.1) is 23.1 Å². The summed E-state index contributed by atoms with van der Waals surface area (Å²) in [7, 11) is 0. The van der Waals surface area contributed by atoms with Crippen LogP contribution in [0.4, 0.5) is 10.1 Å². The van der Waals surface area contributed by atoms with Gasteiger partial charge in [-0.2, -0.15) is 0 Å². The van der Waals surface area contributed by atoms with Crippen molar-refractivity contribution in [3.8, 4) is 5.69 Å². The number of carbonyl (C=O) groups is 1. The van der Waals surface area contributed by atoms with Crippen LogP contribution in [0.2, 0.25) is 0 Å². The summed E-state index contributed by atoms with van der Waals surface area (Å²) >= 11 is 0. The monoisotopic (exact) mass is 368 g/mol. The molecule has 1 aromatic carbocycles. The van der Waals surface area contributed by atoms with E-state index in [1.54, 1.807) is 35.2 Å². The van der Waals surface area contributed by atoms with Crippen molar-refractivity contribution in [3.63, 3.8) is 0 Å². The van der Waals surface area contributed by atoms with Gasteiger partial charge in [0, 0.05) is 44.0 Å². The second-order valence-electron chi connectivity index (χ2n) is 6.32. The minimum absolute atomic E-state index is 0.0233. The highest BCUT2D eigenvalue weighted by molar-refractivity contribution is 5.94. The molecule has 1 aliphatic heterocycles. The second kappa shape index (κ2) is 6.81. The van der Waals surface area contributed by atoms with Crippen LogP contribution in [0.15, 0.2) is 47.7 Å². The van der Waals surface area contributed by atoms with Crippen molar-refractivity contribution >= 4 is 22.6 Å². The van der Waals surface area contributed by atoms with Crippen molar-refractivity contribution in [2.75, 3.05) is 31.1 Å². The Morgan fingerprint density at radius 3 is 2.70 bits per heavy atom. The van der Waals surface area contributed by atoms with Gasteiger partial charge in [0.2, 0.25) is 5.43 Å². The van der Waals surface area contributed by atoms with Crippen LogP contribution in [0, 0.1) is 5.82 Å². The summed E-state index contributed by atoms with van der Waals surface area (Å²) < 4.78 is 16.3. The number of aromatic nitrogens is 2. The fraction of sp³-hybridized carbons (Fsp3) is 0.211. The number of carboxylic acids is 1. The van der Waals surface area contributed by atoms with Gasteiger partial charge in [0.1, 0.15) is 11.4 Å². The molecule has 3 aromatic rings. The zero-order chi connectivity index (χ0) is 19.0. The van der Waals surface area contributed by atoms with Gasteiger partial charge in [-0.3, -0.25) is 9.78 Å². The Kier molecular flexibility index (Phi) is 4.33. The third-order valence-electron chi connectivity index (χ3n) is 4.68. The van der Waals surface area contributed by atoms with Crippen molar-refractivity contribution in [2.24, 2.45) is 0 Å². The van der Waals surface area contributed by atoms with Crippen LogP contribution in [0.1, 0.15) is 10.4 Å². The van der Waals surface area contributed by atoms with Crippen LogP contribution >= 0.6 is 0 Å². The van der Waals surface area contributed by atoms with E-state index in [0.717, 1.165) is 19.2 Å². The number of aromatic carboxylic acids is 1. The first-order chi connectivity index (χ1) is 13.1. The molecule has 8 heteroatoms. The summed E-state index contributed by atoms with van der Waals surface area (Å²) in [4.78, 5) is 30.1. The van der Waals surface area contributed by atoms with Gasteiger partial charge in [0.15, 0.2) is 0 Å². The molecule has 138 valence electrons. The maximum atomic E-state index is 14.8. The zero-order valence-corrected chi connectivity index (χ0v) is 14.4. The third kappa shape index (κ3) is 3.04. The number of nitrogens with one attached hydrogen (secondary N) is 1. The number of benzene rings is 1. The third-order valence-corrected chi connectivity index (χ3v) is 4.68. The van der Waals surface area contributed by atoms with E-state index in [1.165, 1.54) is 6.20 Å². The lowest BCUT2D eigenvalue weighted by Crippen LogP contribution is -2.43. The molecule has 0 atom stereocenters. The molecule has 27 heavy (non-hydrogen) atoms. The molecule has 0 spiro atoms. The molecule has 4 rings (SSSR count). The number of piperazine rings is 1. The van der Waals surface area contributed by atoms with Crippen LogP contribution in [0.3, 0.4) is 0 Å². The van der Waals surface area contributed by atoms with Gasteiger partial charge in [-0.1, -0.05) is 0 Å². The predicted molar refractivity (Wildman–Crippen MR) is 99.3 cm³/mol. The largest absolute Gasteiger partial charge is 0.477 e. The van der Waals surface area contributed by atoms with Crippen molar-refractivity contribution in [1.82, 2.24) is 14.9 Å². The van der Waals surface area contributed by atoms with Crippen LogP contribution in [-0.4, -0.2) is 46.8 Å². The molecule has 2 N–H and O–H groups in total. The Bertz CT molecular complexity index is 1080. The maximum Gasteiger partial charge on any atom is 0.341 e. The van der Waals surface area contributed by atoms with Gasteiger partial charge < -0.3 is 19.9 Å². The Labute approximate surface area is 153 Å². The number of rotatable bonds is 3. The molecule has 0 unspecified atom stereocenters. The number of pyridine rings is 2. The summed E-state index contributed by atoms with van der Waals surface area (Å²) in [6, 6.07) is 6.20. The van der Waals surface area contributed by atoms with Crippen LogP contribution in [0.5, 0.6) is 0 Å².